The Morgan fingerprint density at radius 1 is 1.18 bits per heavy atom. The first-order valence-electron chi connectivity index (χ1n) is 3.73. The Kier molecular flexibility index (Phi) is 10.4. The van der Waals surface area contributed by atoms with Gasteiger partial charge in [-0.3, -0.25) is 0 Å². The van der Waals surface area contributed by atoms with Crippen molar-refractivity contribution in [3.8, 4) is 0 Å². The molecular weight excluding hydrogens is 164 g/mol. The second-order valence-corrected chi connectivity index (χ2v) is 2.89. The van der Waals surface area contributed by atoms with Crippen molar-refractivity contribution in [2.24, 2.45) is 0 Å². The van der Waals surface area contributed by atoms with E-state index in [4.69, 9.17) is 4.74 Å². The molecule has 0 amide bonds. The lowest BCUT2D eigenvalue weighted by atomic mass is 10.9. The normalized spacial score (nSPS) is 13.6. The maximum atomic E-state index is 4.73. The maximum absolute atomic E-state index is 4.73. The Hall–Kier alpha value is 0.230. The fourth-order valence-electron chi connectivity index (χ4n) is 0.199. The van der Waals surface area contributed by atoms with Gasteiger partial charge in [-0.2, -0.15) is 4.33 Å². The van der Waals surface area contributed by atoms with E-state index in [9.17, 15) is 0 Å². The molecule has 0 saturated heterocycles. The van der Waals surface area contributed by atoms with E-state index in [2.05, 4.69) is 9.22 Å². The summed E-state index contributed by atoms with van der Waals surface area (Å²) in [4.78, 5) is 4.30. The molecule has 0 aromatic rings. The highest BCUT2D eigenvalue weighted by Gasteiger charge is 1.95. The Morgan fingerprint density at radius 3 is 2.18 bits per heavy atom. The SMILES string of the molecule is C1CC1.COCCSOOC. The van der Waals surface area contributed by atoms with E-state index >= 15 is 0 Å². The lowest BCUT2D eigenvalue weighted by Gasteiger charge is -1.95. The molecule has 0 unspecified atom stereocenters. The molecule has 0 spiro atoms. The molecule has 1 aliphatic carbocycles. The molecule has 0 N–H and O–H groups in total. The van der Waals surface area contributed by atoms with Crippen LogP contribution in [0.1, 0.15) is 19.3 Å². The fourth-order valence-corrected chi connectivity index (χ4v) is 0.598. The minimum absolute atomic E-state index is 0.689. The van der Waals surface area contributed by atoms with Gasteiger partial charge < -0.3 is 4.74 Å². The molecule has 0 bridgehead atoms. The van der Waals surface area contributed by atoms with Crippen LogP contribution in [0.5, 0.6) is 0 Å². The van der Waals surface area contributed by atoms with Crippen molar-refractivity contribution < 1.29 is 14.0 Å². The summed E-state index contributed by atoms with van der Waals surface area (Å²) in [6.07, 6.45) is 4.50. The summed E-state index contributed by atoms with van der Waals surface area (Å²) < 4.78 is 9.20. The fraction of sp³-hybridized carbons (Fsp3) is 1.00. The van der Waals surface area contributed by atoms with E-state index in [1.807, 2.05) is 0 Å². The quantitative estimate of drug-likeness (QED) is 0.280. The first-order valence-corrected chi connectivity index (χ1v) is 4.64. The van der Waals surface area contributed by atoms with Crippen LogP contribution >= 0.6 is 12.0 Å². The topological polar surface area (TPSA) is 27.7 Å². The largest absolute Gasteiger partial charge is 0.384 e. The van der Waals surface area contributed by atoms with Crippen LogP contribution in [-0.2, 0) is 14.0 Å². The minimum atomic E-state index is 0.689. The highest BCUT2D eigenvalue weighted by atomic mass is 32.2. The number of hydrogen-bond acceptors (Lipinski definition) is 4. The van der Waals surface area contributed by atoms with Gasteiger partial charge in [0.05, 0.1) is 13.7 Å². The first kappa shape index (κ1) is 11.2. The third kappa shape index (κ3) is 17.9. The third-order valence-corrected chi connectivity index (χ3v) is 1.41. The predicted molar refractivity (Wildman–Crippen MR) is 46.3 cm³/mol. The summed E-state index contributed by atoms with van der Waals surface area (Å²) in [5.74, 6) is 0.796. The van der Waals surface area contributed by atoms with Crippen molar-refractivity contribution in [1.82, 2.24) is 0 Å². The molecule has 1 saturated carbocycles. The lowest BCUT2D eigenvalue weighted by Crippen LogP contribution is -1.91. The van der Waals surface area contributed by atoms with E-state index < -0.39 is 0 Å². The third-order valence-electron chi connectivity index (χ3n) is 0.840. The summed E-state index contributed by atoms with van der Waals surface area (Å²) in [5, 5.41) is 0. The first-order chi connectivity index (χ1) is 5.41. The van der Waals surface area contributed by atoms with Crippen LogP contribution in [0.3, 0.4) is 0 Å². The summed E-state index contributed by atoms with van der Waals surface area (Å²) in [5.41, 5.74) is 0. The maximum Gasteiger partial charge on any atom is 0.0725 e. The van der Waals surface area contributed by atoms with Crippen molar-refractivity contribution in [3.63, 3.8) is 0 Å². The molecule has 0 atom stereocenters. The second-order valence-electron chi connectivity index (χ2n) is 2.11. The van der Waals surface area contributed by atoms with Crippen molar-refractivity contribution in [2.45, 2.75) is 19.3 Å². The van der Waals surface area contributed by atoms with Gasteiger partial charge in [-0.15, -0.1) is 0 Å². The number of ether oxygens (including phenoxy) is 1. The molecule has 3 nitrogen and oxygen atoms in total. The Balaban J connectivity index is 0.000000271. The second kappa shape index (κ2) is 10.2. The zero-order chi connectivity index (χ0) is 8.36. The zero-order valence-corrected chi connectivity index (χ0v) is 7.99. The molecule has 0 aliphatic heterocycles. The average Bonchev–Trinajstić information content (AvgIpc) is 2.84. The highest BCUT2D eigenvalue weighted by Crippen LogP contribution is 2.14. The molecule has 0 aromatic carbocycles. The number of hydrogen-bond donors (Lipinski definition) is 0. The van der Waals surface area contributed by atoms with Gasteiger partial charge in [0.2, 0.25) is 0 Å². The van der Waals surface area contributed by atoms with Crippen LogP contribution in [0, 0.1) is 0 Å². The van der Waals surface area contributed by atoms with E-state index in [0.29, 0.717) is 6.61 Å². The van der Waals surface area contributed by atoms with E-state index in [1.165, 1.54) is 38.4 Å². The summed E-state index contributed by atoms with van der Waals surface area (Å²) in [6, 6.07) is 0. The Bertz CT molecular complexity index is 60.0. The lowest BCUT2D eigenvalue weighted by molar-refractivity contribution is -0.160. The molecule has 0 aromatic heterocycles. The average molecular weight is 180 g/mol. The molecule has 1 fully saturated rings. The summed E-state index contributed by atoms with van der Waals surface area (Å²) in [7, 11) is 3.12. The molecule has 0 heterocycles. The van der Waals surface area contributed by atoms with Gasteiger partial charge in [0.15, 0.2) is 0 Å². The van der Waals surface area contributed by atoms with Gasteiger partial charge in [0, 0.05) is 24.9 Å². The molecule has 68 valence electrons. The highest BCUT2D eigenvalue weighted by molar-refractivity contribution is 7.94. The van der Waals surface area contributed by atoms with Crippen molar-refractivity contribution in [1.29, 1.82) is 0 Å². The van der Waals surface area contributed by atoms with Gasteiger partial charge in [0.25, 0.3) is 0 Å². The molecule has 4 heteroatoms. The van der Waals surface area contributed by atoms with Crippen LogP contribution in [-0.4, -0.2) is 26.6 Å². The van der Waals surface area contributed by atoms with Crippen LogP contribution in [0.25, 0.3) is 0 Å². The van der Waals surface area contributed by atoms with Gasteiger partial charge in [-0.25, -0.2) is 4.89 Å². The van der Waals surface area contributed by atoms with Crippen LogP contribution in [0.2, 0.25) is 0 Å². The Labute approximate surface area is 72.5 Å². The van der Waals surface area contributed by atoms with Gasteiger partial charge in [-0.1, -0.05) is 19.3 Å². The molecule has 11 heavy (non-hydrogen) atoms. The van der Waals surface area contributed by atoms with Crippen LogP contribution < -0.4 is 0 Å². The molecular formula is C7H16O3S. The molecule has 0 radical (unpaired) electrons. The van der Waals surface area contributed by atoms with Gasteiger partial charge in [0.1, 0.15) is 0 Å². The Morgan fingerprint density at radius 2 is 1.82 bits per heavy atom. The monoisotopic (exact) mass is 180 g/mol. The predicted octanol–water partition coefficient (Wildman–Crippen LogP) is 2.03. The van der Waals surface area contributed by atoms with Crippen LogP contribution in [0.15, 0.2) is 0 Å². The summed E-state index contributed by atoms with van der Waals surface area (Å²) in [6.45, 7) is 0.689. The van der Waals surface area contributed by atoms with E-state index in [0.717, 1.165) is 5.75 Å². The minimum Gasteiger partial charge on any atom is -0.384 e. The molecule has 1 aliphatic rings. The van der Waals surface area contributed by atoms with Crippen LogP contribution in [0.4, 0.5) is 0 Å². The van der Waals surface area contributed by atoms with Gasteiger partial charge >= 0.3 is 0 Å². The van der Waals surface area contributed by atoms with Crippen molar-refractivity contribution in [3.05, 3.63) is 0 Å². The van der Waals surface area contributed by atoms with Crippen molar-refractivity contribution >= 4 is 12.0 Å². The van der Waals surface area contributed by atoms with E-state index in [1.54, 1.807) is 7.11 Å². The van der Waals surface area contributed by atoms with Crippen molar-refractivity contribution in [2.75, 3.05) is 26.6 Å². The standard InChI is InChI=1S/C4H10O3S.C3H6/c1-5-3-4-8-7-6-2;1-2-3-1/h3-4H2,1-2H3;1-3H2. The van der Waals surface area contributed by atoms with Gasteiger partial charge in [-0.05, 0) is 0 Å². The van der Waals surface area contributed by atoms with E-state index in [-0.39, 0.29) is 0 Å². The molecule has 1 rings (SSSR count). The number of methoxy groups -OCH3 is 1. The zero-order valence-electron chi connectivity index (χ0n) is 7.17. The summed E-state index contributed by atoms with van der Waals surface area (Å²) >= 11 is 1.23. The smallest absolute Gasteiger partial charge is 0.0725 e. The number of rotatable bonds is 5.